The maximum absolute atomic E-state index is 13.0. The standard InChI is InChI=1S/C24H18Br2N4O9/c1-3-37-17-9-12(19(25)20(26)21(17)39-18-7-4-13(10-27-18)30(34)35)8-15-22(31)29(24(33)28-15)11-14-5-6-16(38-14)23(32)36-2/h4-10H,3,11H2,1-2H3,(H,28,33)/b15-8-. The number of pyridine rings is 1. The number of aromatic nitrogens is 1. The molecule has 0 aliphatic carbocycles. The molecule has 3 heterocycles. The lowest BCUT2D eigenvalue weighted by atomic mass is 10.1. The molecule has 1 fully saturated rings. The van der Waals surface area contributed by atoms with Crippen LogP contribution in [0.2, 0.25) is 0 Å². The number of ether oxygens (including phenoxy) is 3. The second-order valence-corrected chi connectivity index (χ2v) is 9.29. The summed E-state index contributed by atoms with van der Waals surface area (Å²) in [6, 6.07) is 6.36. The molecule has 0 spiro atoms. The maximum atomic E-state index is 13.0. The third-order valence-corrected chi connectivity index (χ3v) is 7.36. The second-order valence-electron chi connectivity index (χ2n) is 7.70. The van der Waals surface area contributed by atoms with E-state index in [-0.39, 0.29) is 53.4 Å². The minimum absolute atomic E-state index is 0.0134. The van der Waals surface area contributed by atoms with E-state index < -0.39 is 22.8 Å². The van der Waals surface area contributed by atoms with Crippen LogP contribution in [0.4, 0.5) is 10.5 Å². The average molecular weight is 666 g/mol. The number of rotatable bonds is 9. The highest BCUT2D eigenvalue weighted by Crippen LogP contribution is 2.45. The van der Waals surface area contributed by atoms with Crippen molar-refractivity contribution in [3.63, 3.8) is 0 Å². The highest BCUT2D eigenvalue weighted by atomic mass is 79.9. The number of hydrogen-bond acceptors (Lipinski definition) is 10. The van der Waals surface area contributed by atoms with Gasteiger partial charge in [0, 0.05) is 16.6 Å². The molecule has 1 N–H and O–H groups in total. The zero-order valence-electron chi connectivity index (χ0n) is 20.2. The molecule has 1 saturated heterocycles. The molecule has 3 aromatic rings. The van der Waals surface area contributed by atoms with Crippen LogP contribution >= 0.6 is 31.9 Å². The third kappa shape index (κ3) is 5.93. The van der Waals surface area contributed by atoms with Gasteiger partial charge in [-0.2, -0.15) is 0 Å². The molecule has 13 nitrogen and oxygen atoms in total. The minimum atomic E-state index is -0.684. The van der Waals surface area contributed by atoms with Crippen molar-refractivity contribution in [2.45, 2.75) is 13.5 Å². The fourth-order valence-electron chi connectivity index (χ4n) is 3.41. The van der Waals surface area contributed by atoms with E-state index >= 15 is 0 Å². The number of methoxy groups -OCH3 is 1. The number of carbonyl (C=O) groups excluding carboxylic acids is 3. The highest BCUT2D eigenvalue weighted by Gasteiger charge is 2.35. The number of nitrogens with one attached hydrogen (secondary N) is 1. The Morgan fingerprint density at radius 3 is 2.64 bits per heavy atom. The molecule has 202 valence electrons. The molecule has 1 aliphatic heterocycles. The summed E-state index contributed by atoms with van der Waals surface area (Å²) in [6.07, 6.45) is 2.52. The van der Waals surface area contributed by atoms with Crippen molar-refractivity contribution >= 4 is 61.5 Å². The number of amides is 3. The average Bonchev–Trinajstić information content (AvgIpc) is 3.49. The minimum Gasteiger partial charge on any atom is -0.490 e. The number of esters is 1. The molecular formula is C24H18Br2N4O9. The van der Waals surface area contributed by atoms with Gasteiger partial charge in [-0.05, 0) is 68.6 Å². The molecule has 0 atom stereocenters. The highest BCUT2D eigenvalue weighted by molar-refractivity contribution is 9.13. The first kappa shape index (κ1) is 27.8. The van der Waals surface area contributed by atoms with Gasteiger partial charge in [0.25, 0.3) is 11.6 Å². The van der Waals surface area contributed by atoms with Crippen molar-refractivity contribution < 1.29 is 37.9 Å². The SMILES string of the molecule is CCOc1cc(/C=C2\NC(=O)N(Cc3ccc(C(=O)OC)o3)C2=O)c(Br)c(Br)c1Oc1ccc([N+](=O)[O-])cn1. The summed E-state index contributed by atoms with van der Waals surface area (Å²) in [4.78, 5) is 52.4. The summed E-state index contributed by atoms with van der Waals surface area (Å²) < 4.78 is 22.4. The van der Waals surface area contributed by atoms with Crippen LogP contribution in [-0.4, -0.2) is 46.4 Å². The number of nitro groups is 1. The Bertz CT molecular complexity index is 1500. The quantitative estimate of drug-likeness (QED) is 0.106. The van der Waals surface area contributed by atoms with E-state index in [1.165, 1.54) is 37.5 Å². The number of hydrogen-bond donors (Lipinski definition) is 1. The molecule has 1 aromatic carbocycles. The van der Waals surface area contributed by atoms with Crippen LogP contribution in [0.15, 0.2) is 55.6 Å². The molecule has 15 heteroatoms. The van der Waals surface area contributed by atoms with Crippen molar-refractivity contribution in [1.82, 2.24) is 15.2 Å². The van der Waals surface area contributed by atoms with Crippen LogP contribution in [-0.2, 0) is 16.1 Å². The second kappa shape index (κ2) is 11.7. The molecule has 0 unspecified atom stereocenters. The molecule has 4 rings (SSSR count). The van der Waals surface area contributed by atoms with Gasteiger partial charge in [0.05, 0.1) is 29.7 Å². The zero-order valence-corrected chi connectivity index (χ0v) is 23.4. The summed E-state index contributed by atoms with van der Waals surface area (Å²) in [5.41, 5.74) is 0.259. The van der Waals surface area contributed by atoms with Crippen LogP contribution in [0.3, 0.4) is 0 Å². The van der Waals surface area contributed by atoms with Gasteiger partial charge in [-0.15, -0.1) is 0 Å². The zero-order chi connectivity index (χ0) is 28.3. The lowest BCUT2D eigenvalue weighted by Crippen LogP contribution is -2.30. The van der Waals surface area contributed by atoms with Gasteiger partial charge in [0.1, 0.15) is 17.7 Å². The van der Waals surface area contributed by atoms with E-state index in [0.29, 0.717) is 14.5 Å². The van der Waals surface area contributed by atoms with Crippen molar-refractivity contribution in [2.24, 2.45) is 0 Å². The van der Waals surface area contributed by atoms with Gasteiger partial charge in [0.2, 0.25) is 11.6 Å². The monoisotopic (exact) mass is 664 g/mol. The Morgan fingerprint density at radius 2 is 2.00 bits per heavy atom. The molecule has 0 saturated carbocycles. The Balaban J connectivity index is 1.61. The summed E-state index contributed by atoms with van der Waals surface area (Å²) in [6.45, 7) is 1.83. The molecule has 0 radical (unpaired) electrons. The van der Waals surface area contributed by atoms with Crippen molar-refractivity contribution in [3.05, 3.63) is 78.4 Å². The van der Waals surface area contributed by atoms with Crippen molar-refractivity contribution in [1.29, 1.82) is 0 Å². The van der Waals surface area contributed by atoms with Crippen LogP contribution in [0, 0.1) is 10.1 Å². The lowest BCUT2D eigenvalue weighted by Gasteiger charge is -2.16. The van der Waals surface area contributed by atoms with Gasteiger partial charge < -0.3 is 23.9 Å². The van der Waals surface area contributed by atoms with Gasteiger partial charge in [-0.1, -0.05) is 0 Å². The molecule has 0 bridgehead atoms. The fraction of sp³-hybridized carbons (Fsp3) is 0.167. The first-order valence-corrected chi connectivity index (χ1v) is 12.7. The lowest BCUT2D eigenvalue weighted by molar-refractivity contribution is -0.385. The van der Waals surface area contributed by atoms with E-state index in [9.17, 15) is 24.5 Å². The Labute approximate surface area is 237 Å². The van der Waals surface area contributed by atoms with E-state index in [0.717, 1.165) is 11.1 Å². The normalized spacial score (nSPS) is 13.9. The Morgan fingerprint density at radius 1 is 1.23 bits per heavy atom. The molecule has 1 aliphatic rings. The summed E-state index contributed by atoms with van der Waals surface area (Å²) in [7, 11) is 1.21. The molecule has 39 heavy (non-hydrogen) atoms. The van der Waals surface area contributed by atoms with Gasteiger partial charge in [-0.3, -0.25) is 19.8 Å². The van der Waals surface area contributed by atoms with Gasteiger partial charge >= 0.3 is 12.0 Å². The van der Waals surface area contributed by atoms with Gasteiger partial charge in [-0.25, -0.2) is 14.6 Å². The number of furan rings is 1. The molecule has 3 amide bonds. The fourth-order valence-corrected chi connectivity index (χ4v) is 4.33. The summed E-state index contributed by atoms with van der Waals surface area (Å²) in [5, 5.41) is 13.4. The number of urea groups is 1. The summed E-state index contributed by atoms with van der Waals surface area (Å²) in [5.74, 6) is -0.553. The maximum Gasteiger partial charge on any atom is 0.373 e. The smallest absolute Gasteiger partial charge is 0.373 e. The van der Waals surface area contributed by atoms with Crippen LogP contribution < -0.4 is 14.8 Å². The predicted molar refractivity (Wildman–Crippen MR) is 141 cm³/mol. The van der Waals surface area contributed by atoms with Crippen molar-refractivity contribution in [3.8, 4) is 17.4 Å². The first-order valence-electron chi connectivity index (χ1n) is 11.1. The molecule has 2 aromatic heterocycles. The van der Waals surface area contributed by atoms with E-state index in [1.807, 2.05) is 0 Å². The Hall–Kier alpha value is -4.24. The van der Waals surface area contributed by atoms with Crippen LogP contribution in [0.5, 0.6) is 17.4 Å². The van der Waals surface area contributed by atoms with Crippen LogP contribution in [0.1, 0.15) is 28.8 Å². The topological polar surface area (TPSA) is 163 Å². The van der Waals surface area contributed by atoms with E-state index in [1.54, 1.807) is 13.0 Å². The number of carbonyl (C=O) groups is 3. The summed E-state index contributed by atoms with van der Waals surface area (Å²) >= 11 is 6.91. The van der Waals surface area contributed by atoms with Crippen molar-refractivity contribution in [2.75, 3.05) is 13.7 Å². The number of nitrogens with zero attached hydrogens (tertiary/aromatic N) is 3. The number of imide groups is 1. The number of halogens is 2. The van der Waals surface area contributed by atoms with E-state index in [4.69, 9.17) is 13.9 Å². The van der Waals surface area contributed by atoms with E-state index in [2.05, 4.69) is 46.9 Å². The third-order valence-electron chi connectivity index (χ3n) is 5.22. The Kier molecular flexibility index (Phi) is 8.30. The number of benzene rings is 1. The van der Waals surface area contributed by atoms with Crippen LogP contribution in [0.25, 0.3) is 6.08 Å². The van der Waals surface area contributed by atoms with Gasteiger partial charge in [0.15, 0.2) is 11.5 Å². The largest absolute Gasteiger partial charge is 0.490 e. The first-order chi connectivity index (χ1) is 18.6. The molecular weight excluding hydrogens is 648 g/mol. The predicted octanol–water partition coefficient (Wildman–Crippen LogP) is 5.18.